The van der Waals surface area contributed by atoms with Gasteiger partial charge in [-0.1, -0.05) is 79.0 Å². The molecule has 3 aromatic rings. The largest absolute Gasteiger partial charge is 0.353 e. The Hall–Kier alpha value is -2.45. The van der Waals surface area contributed by atoms with Crippen molar-refractivity contribution in [3.8, 4) is 11.1 Å². The van der Waals surface area contributed by atoms with Crippen molar-refractivity contribution in [3.05, 3.63) is 78.9 Å². The predicted molar refractivity (Wildman–Crippen MR) is 95.8 cm³/mol. The Morgan fingerprint density at radius 2 is 1.64 bits per heavy atom. The standard InChI is InChI=1S/C20H15NS/c1-2-14-12-13-16(15-8-4-3-5-9-15)19-20(14)22-18-11-7-6-10-17(18)21-19/h2-13,21H,1H2. The predicted octanol–water partition coefficient (Wildman–Crippen LogP) is 6.20. The summed E-state index contributed by atoms with van der Waals surface area (Å²) in [6.07, 6.45) is 1.93. The summed E-state index contributed by atoms with van der Waals surface area (Å²) in [7, 11) is 0. The zero-order chi connectivity index (χ0) is 14.9. The van der Waals surface area contributed by atoms with Gasteiger partial charge in [-0.2, -0.15) is 0 Å². The molecule has 0 spiro atoms. The van der Waals surface area contributed by atoms with Crippen LogP contribution < -0.4 is 5.32 Å². The van der Waals surface area contributed by atoms with E-state index in [1.54, 1.807) is 0 Å². The van der Waals surface area contributed by atoms with Gasteiger partial charge in [0.2, 0.25) is 0 Å². The number of fused-ring (bicyclic) bond motifs is 2. The third-order valence-corrected chi connectivity index (χ3v) is 5.07. The van der Waals surface area contributed by atoms with Gasteiger partial charge in [-0.25, -0.2) is 0 Å². The van der Waals surface area contributed by atoms with Crippen LogP contribution in [-0.2, 0) is 0 Å². The van der Waals surface area contributed by atoms with E-state index in [0.29, 0.717) is 0 Å². The van der Waals surface area contributed by atoms with Gasteiger partial charge in [-0.05, 0) is 23.3 Å². The highest BCUT2D eigenvalue weighted by Gasteiger charge is 2.20. The van der Waals surface area contributed by atoms with E-state index < -0.39 is 0 Å². The topological polar surface area (TPSA) is 12.0 Å². The number of para-hydroxylation sites is 1. The fourth-order valence-corrected chi connectivity index (χ4v) is 3.88. The number of hydrogen-bond donors (Lipinski definition) is 1. The lowest BCUT2D eigenvalue weighted by molar-refractivity contribution is 1.30. The van der Waals surface area contributed by atoms with Crippen LogP contribution in [0, 0.1) is 0 Å². The van der Waals surface area contributed by atoms with Crippen LogP contribution in [0.15, 0.2) is 83.1 Å². The molecule has 0 fully saturated rings. The second-order valence-corrected chi connectivity index (χ2v) is 6.25. The third-order valence-electron chi connectivity index (χ3n) is 3.85. The van der Waals surface area contributed by atoms with Crippen molar-refractivity contribution in [2.24, 2.45) is 0 Å². The maximum absolute atomic E-state index is 3.96. The molecule has 0 radical (unpaired) electrons. The highest BCUT2D eigenvalue weighted by molar-refractivity contribution is 7.99. The van der Waals surface area contributed by atoms with E-state index in [0.717, 1.165) is 0 Å². The second kappa shape index (κ2) is 5.39. The maximum atomic E-state index is 3.96. The van der Waals surface area contributed by atoms with Gasteiger partial charge >= 0.3 is 0 Å². The molecule has 0 amide bonds. The molecule has 22 heavy (non-hydrogen) atoms. The summed E-state index contributed by atoms with van der Waals surface area (Å²) >= 11 is 1.81. The number of rotatable bonds is 2. The van der Waals surface area contributed by atoms with Gasteiger partial charge in [0.25, 0.3) is 0 Å². The van der Waals surface area contributed by atoms with Gasteiger partial charge in [-0.15, -0.1) is 0 Å². The highest BCUT2D eigenvalue weighted by Crippen LogP contribution is 2.49. The van der Waals surface area contributed by atoms with Crippen molar-refractivity contribution < 1.29 is 0 Å². The summed E-state index contributed by atoms with van der Waals surface area (Å²) in [5.41, 5.74) is 5.96. The SMILES string of the molecule is C=Cc1ccc(-c2ccccc2)c2c1Sc1ccccc1N2. The molecule has 0 unspecified atom stereocenters. The van der Waals surface area contributed by atoms with E-state index in [4.69, 9.17) is 0 Å². The van der Waals surface area contributed by atoms with Crippen molar-refractivity contribution in [3.63, 3.8) is 0 Å². The van der Waals surface area contributed by atoms with E-state index in [2.05, 4.69) is 72.6 Å². The minimum atomic E-state index is 1.17. The number of nitrogens with one attached hydrogen (secondary N) is 1. The zero-order valence-electron chi connectivity index (χ0n) is 12.0. The fourth-order valence-electron chi connectivity index (χ4n) is 2.76. The van der Waals surface area contributed by atoms with Crippen LogP contribution in [0.4, 0.5) is 11.4 Å². The minimum absolute atomic E-state index is 1.17. The summed E-state index contributed by atoms with van der Waals surface area (Å²) in [5.74, 6) is 0. The number of benzene rings is 3. The van der Waals surface area contributed by atoms with Crippen LogP contribution in [0.1, 0.15) is 5.56 Å². The van der Waals surface area contributed by atoms with E-state index in [1.807, 2.05) is 23.9 Å². The van der Waals surface area contributed by atoms with Gasteiger partial charge in [0.1, 0.15) is 0 Å². The summed E-state index contributed by atoms with van der Waals surface area (Å²) in [6, 6.07) is 23.2. The number of anilines is 2. The monoisotopic (exact) mass is 301 g/mol. The molecular formula is C20H15NS. The van der Waals surface area contributed by atoms with Crippen molar-refractivity contribution in [1.29, 1.82) is 0 Å². The first-order chi connectivity index (χ1) is 10.9. The average Bonchev–Trinajstić information content (AvgIpc) is 2.60. The molecule has 0 aliphatic carbocycles. The highest BCUT2D eigenvalue weighted by atomic mass is 32.2. The van der Waals surface area contributed by atoms with Gasteiger partial charge in [-0.3, -0.25) is 0 Å². The molecule has 0 atom stereocenters. The average molecular weight is 301 g/mol. The van der Waals surface area contributed by atoms with E-state index in [9.17, 15) is 0 Å². The first-order valence-electron chi connectivity index (χ1n) is 7.25. The smallest absolute Gasteiger partial charge is 0.0612 e. The molecular weight excluding hydrogens is 286 g/mol. The summed E-state index contributed by atoms with van der Waals surface area (Å²) in [4.78, 5) is 2.50. The lowest BCUT2D eigenvalue weighted by Crippen LogP contribution is -2.03. The molecule has 1 N–H and O–H groups in total. The van der Waals surface area contributed by atoms with Crippen LogP contribution in [0.2, 0.25) is 0 Å². The molecule has 2 heteroatoms. The summed E-state index contributed by atoms with van der Waals surface area (Å²) in [5, 5.41) is 3.61. The molecule has 1 heterocycles. The molecule has 0 aromatic heterocycles. The Kier molecular flexibility index (Phi) is 3.24. The van der Waals surface area contributed by atoms with E-state index >= 15 is 0 Å². The fraction of sp³-hybridized carbons (Fsp3) is 0. The zero-order valence-corrected chi connectivity index (χ0v) is 12.9. The van der Waals surface area contributed by atoms with Crippen LogP contribution in [-0.4, -0.2) is 0 Å². The lowest BCUT2D eigenvalue weighted by Gasteiger charge is -2.25. The summed E-state index contributed by atoms with van der Waals surface area (Å²) < 4.78 is 0. The van der Waals surface area contributed by atoms with Crippen molar-refractivity contribution in [2.45, 2.75) is 9.79 Å². The molecule has 0 bridgehead atoms. The van der Waals surface area contributed by atoms with Crippen molar-refractivity contribution in [2.75, 3.05) is 5.32 Å². The molecule has 106 valence electrons. The number of hydrogen-bond acceptors (Lipinski definition) is 2. The molecule has 4 rings (SSSR count). The van der Waals surface area contributed by atoms with E-state index in [-0.39, 0.29) is 0 Å². The minimum Gasteiger partial charge on any atom is -0.353 e. The maximum Gasteiger partial charge on any atom is 0.0612 e. The first kappa shape index (κ1) is 13.2. The molecule has 0 saturated heterocycles. The van der Waals surface area contributed by atoms with Crippen molar-refractivity contribution >= 4 is 29.2 Å². The second-order valence-electron chi connectivity index (χ2n) is 5.20. The molecule has 1 aliphatic rings. The Morgan fingerprint density at radius 3 is 2.45 bits per heavy atom. The van der Waals surface area contributed by atoms with Crippen LogP contribution >= 0.6 is 11.8 Å². The van der Waals surface area contributed by atoms with Gasteiger partial charge in [0.15, 0.2) is 0 Å². The Labute approximate surface area is 134 Å². The Balaban J connectivity index is 1.93. The normalized spacial score (nSPS) is 12.0. The first-order valence-corrected chi connectivity index (χ1v) is 8.07. The van der Waals surface area contributed by atoms with E-state index in [1.165, 1.54) is 37.9 Å². The molecule has 1 aliphatic heterocycles. The Bertz CT molecular complexity index is 853. The van der Waals surface area contributed by atoms with Crippen LogP contribution in [0.5, 0.6) is 0 Å². The van der Waals surface area contributed by atoms with Gasteiger partial charge in [0, 0.05) is 15.4 Å². The van der Waals surface area contributed by atoms with Crippen LogP contribution in [0.25, 0.3) is 17.2 Å². The third kappa shape index (κ3) is 2.13. The molecule has 0 saturated carbocycles. The van der Waals surface area contributed by atoms with Crippen molar-refractivity contribution in [1.82, 2.24) is 0 Å². The van der Waals surface area contributed by atoms with Gasteiger partial charge in [0.05, 0.1) is 11.4 Å². The van der Waals surface area contributed by atoms with Crippen LogP contribution in [0.3, 0.4) is 0 Å². The Morgan fingerprint density at radius 1 is 0.864 bits per heavy atom. The molecule has 1 nitrogen and oxygen atoms in total. The summed E-state index contributed by atoms with van der Waals surface area (Å²) in [6.45, 7) is 3.96. The lowest BCUT2D eigenvalue weighted by atomic mass is 10.0. The molecule has 3 aromatic carbocycles. The quantitative estimate of drug-likeness (QED) is 0.472. The van der Waals surface area contributed by atoms with Gasteiger partial charge < -0.3 is 5.32 Å².